The Morgan fingerprint density at radius 3 is 2.39 bits per heavy atom. The summed E-state index contributed by atoms with van der Waals surface area (Å²) in [5.41, 5.74) is 2.75. The van der Waals surface area contributed by atoms with Crippen LogP contribution in [0.5, 0.6) is 5.75 Å². The van der Waals surface area contributed by atoms with Crippen LogP contribution in [0.2, 0.25) is 0 Å². The number of hydrogen-bond donors (Lipinski definition) is 1. The molecule has 0 fully saturated rings. The molecule has 0 saturated heterocycles. The average molecular weight is 246 g/mol. The van der Waals surface area contributed by atoms with Gasteiger partial charge in [0, 0.05) is 6.07 Å². The van der Waals surface area contributed by atoms with E-state index in [2.05, 4.69) is 0 Å². The highest BCUT2D eigenvalue weighted by Gasteiger charge is 2.02. The van der Waals surface area contributed by atoms with Gasteiger partial charge in [0.25, 0.3) is 0 Å². The Balaban J connectivity index is 2.04. The summed E-state index contributed by atoms with van der Waals surface area (Å²) in [6, 6.07) is 12.0. The van der Waals surface area contributed by atoms with Gasteiger partial charge in [-0.05, 0) is 29.7 Å². The summed E-state index contributed by atoms with van der Waals surface area (Å²) in [5.74, 6) is 0.257. The average Bonchev–Trinajstić information content (AvgIpc) is 2.40. The summed E-state index contributed by atoms with van der Waals surface area (Å²) >= 11 is 0. The second-order valence-corrected chi connectivity index (χ2v) is 4.17. The monoisotopic (exact) mass is 246 g/mol. The maximum absolute atomic E-state index is 13.1. The first-order valence-electron chi connectivity index (χ1n) is 5.76. The topological polar surface area (TPSA) is 29.5 Å². The number of aryl methyl sites for hydroxylation is 1. The lowest BCUT2D eigenvalue weighted by atomic mass is 10.1. The van der Waals surface area contributed by atoms with Crippen LogP contribution in [-0.4, -0.2) is 5.11 Å². The third kappa shape index (κ3) is 3.08. The Labute approximate surface area is 106 Å². The van der Waals surface area contributed by atoms with Crippen LogP contribution in [0.15, 0.2) is 42.5 Å². The van der Waals surface area contributed by atoms with Gasteiger partial charge >= 0.3 is 0 Å². The molecule has 0 aliphatic carbocycles. The fourth-order valence-electron chi connectivity index (χ4n) is 1.63. The minimum Gasteiger partial charge on any atom is -0.489 e. The molecule has 18 heavy (non-hydrogen) atoms. The summed E-state index contributed by atoms with van der Waals surface area (Å²) in [5, 5.41) is 8.93. The first-order valence-corrected chi connectivity index (χ1v) is 5.76. The van der Waals surface area contributed by atoms with Gasteiger partial charge in [0.15, 0.2) is 0 Å². The van der Waals surface area contributed by atoms with E-state index in [0.717, 1.165) is 16.7 Å². The van der Waals surface area contributed by atoms with E-state index in [9.17, 15) is 4.39 Å². The van der Waals surface area contributed by atoms with Gasteiger partial charge in [-0.2, -0.15) is 0 Å². The van der Waals surface area contributed by atoms with Crippen LogP contribution in [0.1, 0.15) is 16.7 Å². The number of aliphatic hydroxyl groups is 1. The Hall–Kier alpha value is -1.87. The predicted molar refractivity (Wildman–Crippen MR) is 67.8 cm³/mol. The fraction of sp³-hybridized carbons (Fsp3) is 0.200. The first-order chi connectivity index (χ1) is 8.69. The molecular weight excluding hydrogens is 231 g/mol. The second kappa shape index (κ2) is 5.65. The molecule has 1 N–H and O–H groups in total. The minimum absolute atomic E-state index is 0.0319. The van der Waals surface area contributed by atoms with Gasteiger partial charge in [0.1, 0.15) is 18.2 Å². The summed E-state index contributed by atoms with van der Waals surface area (Å²) in [6.07, 6.45) is 0. The molecule has 2 rings (SSSR count). The van der Waals surface area contributed by atoms with Crippen molar-refractivity contribution in [2.75, 3.05) is 0 Å². The molecule has 0 bridgehead atoms. The normalized spacial score (nSPS) is 10.4. The van der Waals surface area contributed by atoms with Crippen molar-refractivity contribution in [3.63, 3.8) is 0 Å². The molecule has 2 aromatic rings. The summed E-state index contributed by atoms with van der Waals surface area (Å²) in [7, 11) is 0. The number of aliphatic hydroxyl groups excluding tert-OH is 1. The molecule has 0 heterocycles. The molecule has 0 saturated carbocycles. The number of halogens is 1. The second-order valence-electron chi connectivity index (χ2n) is 4.17. The van der Waals surface area contributed by atoms with Crippen molar-refractivity contribution in [1.82, 2.24) is 0 Å². The highest BCUT2D eigenvalue weighted by Crippen LogP contribution is 2.20. The smallest absolute Gasteiger partial charge is 0.126 e. The third-order valence-electron chi connectivity index (χ3n) is 2.75. The lowest BCUT2D eigenvalue weighted by molar-refractivity contribution is 0.281. The Morgan fingerprint density at radius 1 is 1.06 bits per heavy atom. The maximum Gasteiger partial charge on any atom is 0.126 e. The van der Waals surface area contributed by atoms with E-state index in [0.29, 0.717) is 12.4 Å². The molecule has 0 aliphatic rings. The van der Waals surface area contributed by atoms with E-state index in [1.165, 1.54) is 12.1 Å². The van der Waals surface area contributed by atoms with Gasteiger partial charge < -0.3 is 9.84 Å². The van der Waals surface area contributed by atoms with E-state index >= 15 is 0 Å². The van der Waals surface area contributed by atoms with Gasteiger partial charge in [-0.1, -0.05) is 30.3 Å². The molecule has 0 atom stereocenters. The van der Waals surface area contributed by atoms with Gasteiger partial charge in [0.05, 0.1) is 6.61 Å². The van der Waals surface area contributed by atoms with Crippen LogP contribution in [0.25, 0.3) is 0 Å². The molecule has 2 nitrogen and oxygen atoms in total. The van der Waals surface area contributed by atoms with Crippen LogP contribution in [0.4, 0.5) is 4.39 Å². The van der Waals surface area contributed by atoms with E-state index in [-0.39, 0.29) is 12.4 Å². The minimum atomic E-state index is -0.300. The predicted octanol–water partition coefficient (Wildman–Crippen LogP) is 3.21. The van der Waals surface area contributed by atoms with Gasteiger partial charge in [-0.15, -0.1) is 0 Å². The number of rotatable bonds is 4. The molecular formula is C15H15FO2. The third-order valence-corrected chi connectivity index (χ3v) is 2.75. The number of benzene rings is 2. The fourth-order valence-corrected chi connectivity index (χ4v) is 1.63. The summed E-state index contributed by atoms with van der Waals surface area (Å²) in [6.45, 7) is 2.30. The van der Waals surface area contributed by atoms with Crippen molar-refractivity contribution in [2.45, 2.75) is 20.1 Å². The zero-order valence-corrected chi connectivity index (χ0v) is 10.2. The molecule has 0 radical (unpaired) electrons. The highest BCUT2D eigenvalue weighted by atomic mass is 19.1. The number of hydrogen-bond acceptors (Lipinski definition) is 2. The highest BCUT2D eigenvalue weighted by molar-refractivity contribution is 5.33. The molecule has 0 aromatic heterocycles. The van der Waals surface area contributed by atoms with Crippen LogP contribution >= 0.6 is 0 Å². The lowest BCUT2D eigenvalue weighted by Crippen LogP contribution is -1.98. The largest absolute Gasteiger partial charge is 0.489 e. The number of ether oxygens (including phenoxy) is 1. The Bertz CT molecular complexity index is 521. The van der Waals surface area contributed by atoms with Crippen LogP contribution in [-0.2, 0) is 13.2 Å². The zero-order chi connectivity index (χ0) is 13.0. The van der Waals surface area contributed by atoms with Crippen molar-refractivity contribution in [2.24, 2.45) is 0 Å². The van der Waals surface area contributed by atoms with Crippen molar-refractivity contribution in [1.29, 1.82) is 0 Å². The molecule has 0 unspecified atom stereocenters. The molecule has 0 amide bonds. The van der Waals surface area contributed by atoms with E-state index in [1.807, 2.05) is 31.2 Å². The molecule has 0 spiro atoms. The van der Waals surface area contributed by atoms with Crippen molar-refractivity contribution >= 4 is 0 Å². The lowest BCUT2D eigenvalue weighted by Gasteiger charge is -2.09. The van der Waals surface area contributed by atoms with Crippen LogP contribution in [0, 0.1) is 12.7 Å². The quantitative estimate of drug-likeness (QED) is 0.897. The Kier molecular flexibility index (Phi) is 3.95. The van der Waals surface area contributed by atoms with Gasteiger partial charge in [0.2, 0.25) is 0 Å². The zero-order valence-electron chi connectivity index (χ0n) is 10.2. The van der Waals surface area contributed by atoms with Crippen molar-refractivity contribution in [3.05, 3.63) is 65.0 Å². The standard InChI is InChI=1S/C15H15FO2/c1-11-2-7-14(16)8-15(11)18-10-13-5-3-12(9-17)4-6-13/h2-8,17H,9-10H2,1H3. The van der Waals surface area contributed by atoms with Crippen LogP contribution in [0.3, 0.4) is 0 Å². The summed E-state index contributed by atoms with van der Waals surface area (Å²) < 4.78 is 18.6. The van der Waals surface area contributed by atoms with Gasteiger partial charge in [-0.25, -0.2) is 4.39 Å². The van der Waals surface area contributed by atoms with E-state index < -0.39 is 0 Å². The molecule has 3 heteroatoms. The molecule has 0 aliphatic heterocycles. The van der Waals surface area contributed by atoms with Crippen molar-refractivity contribution in [3.8, 4) is 5.75 Å². The molecule has 2 aromatic carbocycles. The van der Waals surface area contributed by atoms with Crippen LogP contribution < -0.4 is 4.74 Å². The van der Waals surface area contributed by atoms with Crippen molar-refractivity contribution < 1.29 is 14.2 Å². The van der Waals surface area contributed by atoms with E-state index in [1.54, 1.807) is 6.07 Å². The SMILES string of the molecule is Cc1ccc(F)cc1OCc1ccc(CO)cc1. The molecule has 94 valence electrons. The summed E-state index contributed by atoms with van der Waals surface area (Å²) in [4.78, 5) is 0. The van der Waals surface area contributed by atoms with E-state index in [4.69, 9.17) is 9.84 Å². The maximum atomic E-state index is 13.1. The first kappa shape index (κ1) is 12.6. The Morgan fingerprint density at radius 2 is 1.72 bits per heavy atom. The van der Waals surface area contributed by atoms with Gasteiger partial charge in [-0.3, -0.25) is 0 Å².